The fourth-order valence-corrected chi connectivity index (χ4v) is 5.41. The van der Waals surface area contributed by atoms with Gasteiger partial charge in [0.05, 0.1) is 28.4 Å². The topological polar surface area (TPSA) is 41.6 Å². The molecule has 3 heteroatoms. The number of para-hydroxylation sites is 1. The number of pyridine rings is 1. The van der Waals surface area contributed by atoms with Crippen molar-refractivity contribution < 1.29 is 0 Å². The van der Waals surface area contributed by atoms with Crippen LogP contribution in [-0.4, -0.2) is 9.55 Å². The van der Waals surface area contributed by atoms with E-state index < -0.39 is 0 Å². The highest BCUT2D eigenvalue weighted by Gasteiger charge is 2.18. The lowest BCUT2D eigenvalue weighted by atomic mass is 9.94. The summed E-state index contributed by atoms with van der Waals surface area (Å²) in [6, 6.07) is 44.4. The minimum Gasteiger partial charge on any atom is -0.309 e. The van der Waals surface area contributed by atoms with Crippen LogP contribution in [0.5, 0.6) is 0 Å². The van der Waals surface area contributed by atoms with E-state index in [4.69, 9.17) is 0 Å². The van der Waals surface area contributed by atoms with E-state index in [1.165, 1.54) is 32.7 Å². The van der Waals surface area contributed by atoms with Gasteiger partial charge in [0.25, 0.3) is 0 Å². The average molecular weight is 472 g/mol. The lowest BCUT2D eigenvalue weighted by Crippen LogP contribution is -1.94. The summed E-state index contributed by atoms with van der Waals surface area (Å²) in [6.07, 6.45) is 1.70. The molecule has 2 heterocycles. The summed E-state index contributed by atoms with van der Waals surface area (Å²) in [4.78, 5) is 4.56. The van der Waals surface area contributed by atoms with Crippen molar-refractivity contribution in [2.45, 2.75) is 0 Å². The Labute approximate surface area is 214 Å². The Kier molecular flexibility index (Phi) is 4.84. The third-order valence-electron chi connectivity index (χ3n) is 7.06. The lowest BCUT2D eigenvalue weighted by molar-refractivity contribution is 1.18. The van der Waals surface area contributed by atoms with Crippen LogP contribution in [0.4, 0.5) is 0 Å². The summed E-state index contributed by atoms with van der Waals surface area (Å²) in [5.41, 5.74) is 8.17. The van der Waals surface area contributed by atoms with Crippen LogP contribution in [0.15, 0.2) is 128 Å². The highest BCUT2D eigenvalue weighted by atomic mass is 15.0. The highest BCUT2D eigenvalue weighted by molar-refractivity contribution is 6.24. The second kappa shape index (κ2) is 8.48. The molecule has 0 amide bonds. The number of fused-ring (bicyclic) bond motifs is 5. The van der Waals surface area contributed by atoms with E-state index in [1.807, 2.05) is 12.1 Å². The summed E-state index contributed by atoms with van der Waals surface area (Å²) < 4.78 is 2.35. The Balaban J connectivity index is 1.64. The van der Waals surface area contributed by atoms with Gasteiger partial charge in [-0.1, -0.05) is 84.9 Å². The smallest absolute Gasteiger partial charge is 0.0992 e. The summed E-state index contributed by atoms with van der Waals surface area (Å²) >= 11 is 0. The molecule has 0 aliphatic rings. The first-order valence-corrected chi connectivity index (χ1v) is 12.3. The van der Waals surface area contributed by atoms with E-state index in [1.54, 1.807) is 12.3 Å². The van der Waals surface area contributed by atoms with Crippen LogP contribution in [-0.2, 0) is 0 Å². The second-order valence-corrected chi connectivity index (χ2v) is 9.17. The van der Waals surface area contributed by atoms with Gasteiger partial charge < -0.3 is 4.57 Å². The predicted molar refractivity (Wildman–Crippen MR) is 152 cm³/mol. The Bertz CT molecular complexity index is 1980. The van der Waals surface area contributed by atoms with Crippen molar-refractivity contribution in [2.24, 2.45) is 0 Å². The van der Waals surface area contributed by atoms with Crippen molar-refractivity contribution >= 4 is 32.6 Å². The number of hydrogen-bond donors (Lipinski definition) is 0. The van der Waals surface area contributed by atoms with Crippen molar-refractivity contribution in [3.63, 3.8) is 0 Å². The van der Waals surface area contributed by atoms with Crippen molar-refractivity contribution in [3.05, 3.63) is 133 Å². The first-order chi connectivity index (χ1) is 18.3. The normalized spacial score (nSPS) is 11.2. The number of rotatable bonds is 3. The minimum atomic E-state index is 0.604. The van der Waals surface area contributed by atoms with Crippen LogP contribution in [0.2, 0.25) is 0 Å². The molecule has 7 aromatic rings. The van der Waals surface area contributed by atoms with E-state index >= 15 is 0 Å². The van der Waals surface area contributed by atoms with E-state index in [-0.39, 0.29) is 0 Å². The van der Waals surface area contributed by atoms with Crippen molar-refractivity contribution in [1.29, 1.82) is 5.26 Å². The van der Waals surface area contributed by atoms with Gasteiger partial charge in [-0.05, 0) is 58.3 Å². The summed E-state index contributed by atoms with van der Waals surface area (Å²) in [6.45, 7) is 0. The second-order valence-electron chi connectivity index (χ2n) is 9.17. The quantitative estimate of drug-likeness (QED) is 0.259. The molecule has 172 valence electrons. The van der Waals surface area contributed by atoms with E-state index in [2.05, 4.69) is 119 Å². The molecule has 37 heavy (non-hydrogen) atoms. The van der Waals surface area contributed by atoms with Crippen molar-refractivity contribution in [1.82, 2.24) is 9.55 Å². The molecular weight excluding hydrogens is 450 g/mol. The number of nitriles is 1. The standard InChI is InChI=1S/C34H21N3/c35-22-23-17-18-36-31(19-23)25-15-16-29-32(20-25)37(26-11-5-2-6-12-26)33-21-30(24-9-3-1-4-10-24)27-13-7-8-14-28(27)34(29)33/h1-21H. The first-order valence-electron chi connectivity index (χ1n) is 12.3. The maximum atomic E-state index is 9.41. The summed E-state index contributed by atoms with van der Waals surface area (Å²) in [7, 11) is 0. The van der Waals surface area contributed by atoms with Gasteiger partial charge in [-0.3, -0.25) is 4.98 Å². The zero-order chi connectivity index (χ0) is 24.8. The van der Waals surface area contributed by atoms with Crippen molar-refractivity contribution in [2.75, 3.05) is 0 Å². The average Bonchev–Trinajstić information content (AvgIpc) is 3.31. The zero-order valence-electron chi connectivity index (χ0n) is 20.0. The SMILES string of the molecule is N#Cc1ccnc(-c2ccc3c4c5ccccc5c(-c5ccccc5)cc4n(-c4ccccc4)c3c2)c1. The molecule has 5 aromatic carbocycles. The Hall–Kier alpha value is -5.20. The van der Waals surface area contributed by atoms with Gasteiger partial charge in [0.2, 0.25) is 0 Å². The number of hydrogen-bond acceptors (Lipinski definition) is 2. The molecule has 0 radical (unpaired) electrons. The van der Waals surface area contributed by atoms with Gasteiger partial charge in [0, 0.05) is 28.2 Å². The molecule has 2 aromatic heterocycles. The van der Waals surface area contributed by atoms with Crippen LogP contribution in [0, 0.1) is 11.3 Å². The van der Waals surface area contributed by atoms with E-state index in [0.29, 0.717) is 5.56 Å². The molecule has 0 aliphatic carbocycles. The van der Waals surface area contributed by atoms with Gasteiger partial charge in [0.1, 0.15) is 0 Å². The molecule has 7 rings (SSSR count). The van der Waals surface area contributed by atoms with Crippen LogP contribution in [0.1, 0.15) is 5.56 Å². The molecular formula is C34H21N3. The van der Waals surface area contributed by atoms with E-state index in [0.717, 1.165) is 28.0 Å². The predicted octanol–water partition coefficient (Wildman–Crippen LogP) is 8.54. The third kappa shape index (κ3) is 3.39. The van der Waals surface area contributed by atoms with Crippen LogP contribution in [0.25, 0.3) is 60.6 Å². The van der Waals surface area contributed by atoms with Crippen LogP contribution < -0.4 is 0 Å². The Morgan fingerprint density at radius 2 is 1.32 bits per heavy atom. The molecule has 0 aliphatic heterocycles. The highest BCUT2D eigenvalue weighted by Crippen LogP contribution is 2.42. The molecule has 0 saturated carbocycles. The number of aromatic nitrogens is 2. The molecule has 0 N–H and O–H groups in total. The molecule has 0 bridgehead atoms. The van der Waals surface area contributed by atoms with Gasteiger partial charge in [-0.2, -0.15) is 5.26 Å². The van der Waals surface area contributed by atoms with Gasteiger partial charge >= 0.3 is 0 Å². The summed E-state index contributed by atoms with van der Waals surface area (Å²) in [5.74, 6) is 0. The zero-order valence-corrected chi connectivity index (χ0v) is 20.0. The molecule has 0 spiro atoms. The molecule has 0 fully saturated rings. The molecule has 0 saturated heterocycles. The Morgan fingerprint density at radius 1 is 0.595 bits per heavy atom. The fraction of sp³-hybridized carbons (Fsp3) is 0. The van der Waals surface area contributed by atoms with Crippen LogP contribution >= 0.6 is 0 Å². The van der Waals surface area contributed by atoms with Crippen LogP contribution in [0.3, 0.4) is 0 Å². The first kappa shape index (κ1) is 21.1. The monoisotopic (exact) mass is 471 g/mol. The lowest BCUT2D eigenvalue weighted by Gasteiger charge is -2.12. The molecule has 0 unspecified atom stereocenters. The maximum absolute atomic E-state index is 9.41. The third-order valence-corrected chi connectivity index (χ3v) is 7.06. The molecule has 3 nitrogen and oxygen atoms in total. The molecule has 0 atom stereocenters. The maximum Gasteiger partial charge on any atom is 0.0992 e. The van der Waals surface area contributed by atoms with E-state index in [9.17, 15) is 5.26 Å². The Morgan fingerprint density at radius 3 is 2.11 bits per heavy atom. The number of benzene rings is 5. The summed E-state index contributed by atoms with van der Waals surface area (Å²) in [5, 5.41) is 14.3. The van der Waals surface area contributed by atoms with Gasteiger partial charge in [-0.25, -0.2) is 0 Å². The van der Waals surface area contributed by atoms with Crippen molar-refractivity contribution in [3.8, 4) is 34.1 Å². The number of nitrogens with zero attached hydrogens (tertiary/aromatic N) is 3. The van der Waals surface area contributed by atoms with Gasteiger partial charge in [-0.15, -0.1) is 0 Å². The minimum absolute atomic E-state index is 0.604. The van der Waals surface area contributed by atoms with Gasteiger partial charge in [0.15, 0.2) is 0 Å². The largest absolute Gasteiger partial charge is 0.309 e. The fourth-order valence-electron chi connectivity index (χ4n) is 5.41.